The van der Waals surface area contributed by atoms with Crippen LogP contribution in [0.25, 0.3) is 10.2 Å². The van der Waals surface area contributed by atoms with Crippen molar-refractivity contribution >= 4 is 32.6 Å². The number of hydrogen-bond donors (Lipinski definition) is 1. The zero-order chi connectivity index (χ0) is 20.2. The second-order valence-corrected chi connectivity index (χ2v) is 9.08. The van der Waals surface area contributed by atoms with E-state index in [9.17, 15) is 4.79 Å². The first kappa shape index (κ1) is 19.9. The third-order valence-electron chi connectivity index (χ3n) is 5.74. The average Bonchev–Trinajstić information content (AvgIpc) is 3.16. The molecule has 1 aliphatic rings. The van der Waals surface area contributed by atoms with Crippen LogP contribution in [-0.2, 0) is 11.2 Å². The Morgan fingerprint density at radius 2 is 1.93 bits per heavy atom. The van der Waals surface area contributed by atoms with Crippen molar-refractivity contribution in [3.05, 3.63) is 59.2 Å². The number of nitrogens with one attached hydrogen (secondary N) is 1. The molecule has 0 unspecified atom stereocenters. The molecule has 3 aromatic rings. The normalized spacial score (nSPS) is 15.0. The number of amides is 1. The first-order valence-electron chi connectivity index (χ1n) is 10.5. The van der Waals surface area contributed by atoms with Crippen LogP contribution in [-0.4, -0.2) is 30.5 Å². The molecule has 1 N–H and O–H groups in total. The molecule has 152 valence electrons. The van der Waals surface area contributed by atoms with Crippen molar-refractivity contribution in [1.29, 1.82) is 0 Å². The Morgan fingerprint density at radius 3 is 2.69 bits per heavy atom. The summed E-state index contributed by atoms with van der Waals surface area (Å²) in [7, 11) is 0. The van der Waals surface area contributed by atoms with Crippen LogP contribution in [0.15, 0.2) is 42.5 Å². The summed E-state index contributed by atoms with van der Waals surface area (Å²) in [6.07, 6.45) is 3.80. The Balaban J connectivity index is 1.26. The van der Waals surface area contributed by atoms with Crippen molar-refractivity contribution in [3.63, 3.8) is 0 Å². The van der Waals surface area contributed by atoms with Crippen molar-refractivity contribution in [2.45, 2.75) is 39.5 Å². The van der Waals surface area contributed by atoms with Crippen LogP contribution in [0.5, 0.6) is 0 Å². The Morgan fingerprint density at radius 1 is 1.17 bits per heavy atom. The standard InChI is InChI=1S/C24H29N3OS/c1-17-15-18(2)22-21(16-17)29-24(26-22)27-13-10-20(11-14-27)23(28)25-12-6-9-19-7-4-3-5-8-19/h3-5,7-8,15-16,20H,6,9-14H2,1-2H3,(H,25,28). The van der Waals surface area contributed by atoms with Crippen molar-refractivity contribution < 1.29 is 4.79 Å². The molecule has 29 heavy (non-hydrogen) atoms. The number of piperidine rings is 1. The molecule has 1 amide bonds. The Kier molecular flexibility index (Phi) is 6.14. The molecule has 0 radical (unpaired) electrons. The van der Waals surface area contributed by atoms with Crippen LogP contribution >= 0.6 is 11.3 Å². The molecule has 0 saturated carbocycles. The number of carbonyl (C=O) groups is 1. The van der Waals surface area contributed by atoms with Gasteiger partial charge < -0.3 is 10.2 Å². The molecule has 1 aromatic heterocycles. The maximum absolute atomic E-state index is 12.5. The number of rotatable bonds is 6. The smallest absolute Gasteiger partial charge is 0.223 e. The summed E-state index contributed by atoms with van der Waals surface area (Å²) < 4.78 is 1.26. The molecule has 5 heteroatoms. The first-order valence-corrected chi connectivity index (χ1v) is 11.4. The largest absolute Gasteiger partial charge is 0.356 e. The zero-order valence-corrected chi connectivity index (χ0v) is 18.1. The van der Waals surface area contributed by atoms with Gasteiger partial charge in [0.15, 0.2) is 5.13 Å². The summed E-state index contributed by atoms with van der Waals surface area (Å²) in [5.41, 5.74) is 4.98. The lowest BCUT2D eigenvalue weighted by atomic mass is 9.96. The van der Waals surface area contributed by atoms with E-state index in [1.165, 1.54) is 21.4 Å². The summed E-state index contributed by atoms with van der Waals surface area (Å²) in [6, 6.07) is 14.9. The van der Waals surface area contributed by atoms with Crippen LogP contribution < -0.4 is 10.2 Å². The summed E-state index contributed by atoms with van der Waals surface area (Å²) in [5, 5.41) is 4.23. The zero-order valence-electron chi connectivity index (χ0n) is 17.3. The quantitative estimate of drug-likeness (QED) is 0.593. The van der Waals surface area contributed by atoms with Crippen LogP contribution in [0.4, 0.5) is 5.13 Å². The summed E-state index contributed by atoms with van der Waals surface area (Å²) in [4.78, 5) is 19.8. The van der Waals surface area contributed by atoms with Gasteiger partial charge >= 0.3 is 0 Å². The van der Waals surface area contributed by atoms with Gasteiger partial charge in [-0.05, 0) is 62.3 Å². The lowest BCUT2D eigenvalue weighted by Crippen LogP contribution is -2.40. The third kappa shape index (κ3) is 4.78. The van der Waals surface area contributed by atoms with Crippen LogP contribution in [0.1, 0.15) is 36.0 Å². The highest BCUT2D eigenvalue weighted by Gasteiger charge is 2.26. The monoisotopic (exact) mass is 407 g/mol. The van der Waals surface area contributed by atoms with Gasteiger partial charge in [-0.15, -0.1) is 0 Å². The average molecular weight is 408 g/mol. The van der Waals surface area contributed by atoms with E-state index in [0.717, 1.165) is 56.0 Å². The molecule has 4 nitrogen and oxygen atoms in total. The summed E-state index contributed by atoms with van der Waals surface area (Å²) in [6.45, 7) is 6.83. The highest BCUT2D eigenvalue weighted by molar-refractivity contribution is 7.22. The number of fused-ring (bicyclic) bond motifs is 1. The van der Waals surface area contributed by atoms with Gasteiger partial charge in [0.2, 0.25) is 5.91 Å². The molecule has 1 saturated heterocycles. The predicted octanol–water partition coefficient (Wildman–Crippen LogP) is 4.88. The fourth-order valence-electron chi connectivity index (χ4n) is 4.12. The van der Waals surface area contributed by atoms with E-state index in [2.05, 4.69) is 60.5 Å². The second-order valence-electron chi connectivity index (χ2n) is 8.07. The van der Waals surface area contributed by atoms with Gasteiger partial charge in [-0.3, -0.25) is 4.79 Å². The van der Waals surface area contributed by atoms with E-state index in [4.69, 9.17) is 4.98 Å². The van der Waals surface area contributed by atoms with E-state index in [0.29, 0.717) is 0 Å². The van der Waals surface area contributed by atoms with E-state index < -0.39 is 0 Å². The first-order chi connectivity index (χ1) is 14.1. The number of aromatic nitrogens is 1. The number of hydrogen-bond acceptors (Lipinski definition) is 4. The van der Waals surface area contributed by atoms with Gasteiger partial charge in [-0.2, -0.15) is 0 Å². The fourth-order valence-corrected chi connectivity index (χ4v) is 5.31. The van der Waals surface area contributed by atoms with Crippen molar-refractivity contribution in [2.24, 2.45) is 5.92 Å². The maximum atomic E-state index is 12.5. The van der Waals surface area contributed by atoms with Gasteiger partial charge in [0, 0.05) is 25.6 Å². The molecule has 0 atom stereocenters. The molecular formula is C24H29N3OS. The summed E-state index contributed by atoms with van der Waals surface area (Å²) in [5.74, 6) is 0.342. The van der Waals surface area contributed by atoms with E-state index in [1.807, 2.05) is 6.07 Å². The number of carbonyl (C=O) groups excluding carboxylic acids is 1. The van der Waals surface area contributed by atoms with Gasteiger partial charge in [-0.1, -0.05) is 47.7 Å². The molecule has 4 rings (SSSR count). The number of thiazole rings is 1. The third-order valence-corrected chi connectivity index (χ3v) is 6.80. The highest BCUT2D eigenvalue weighted by Crippen LogP contribution is 2.33. The molecule has 1 fully saturated rings. The van der Waals surface area contributed by atoms with Crippen molar-refractivity contribution in [1.82, 2.24) is 10.3 Å². The number of anilines is 1. The number of aryl methyl sites for hydroxylation is 3. The topological polar surface area (TPSA) is 45.2 Å². The molecule has 0 spiro atoms. The van der Waals surface area contributed by atoms with Gasteiger partial charge in [0.1, 0.15) is 0 Å². The minimum atomic E-state index is 0.126. The minimum Gasteiger partial charge on any atom is -0.356 e. The second kappa shape index (κ2) is 8.95. The van der Waals surface area contributed by atoms with Crippen LogP contribution in [0.3, 0.4) is 0 Å². The molecule has 0 aliphatic carbocycles. The molecule has 1 aliphatic heterocycles. The van der Waals surface area contributed by atoms with E-state index >= 15 is 0 Å². The lowest BCUT2D eigenvalue weighted by Gasteiger charge is -2.31. The number of benzene rings is 2. The van der Waals surface area contributed by atoms with Crippen LogP contribution in [0.2, 0.25) is 0 Å². The highest BCUT2D eigenvalue weighted by atomic mass is 32.1. The molecule has 2 aromatic carbocycles. The van der Waals surface area contributed by atoms with Crippen LogP contribution in [0, 0.1) is 19.8 Å². The lowest BCUT2D eigenvalue weighted by molar-refractivity contribution is -0.125. The maximum Gasteiger partial charge on any atom is 0.223 e. The SMILES string of the molecule is Cc1cc(C)c2nc(N3CCC(C(=O)NCCCc4ccccc4)CC3)sc2c1. The molecule has 0 bridgehead atoms. The van der Waals surface area contributed by atoms with Gasteiger partial charge in [-0.25, -0.2) is 4.98 Å². The fraction of sp³-hybridized carbons (Fsp3) is 0.417. The molecule has 2 heterocycles. The van der Waals surface area contributed by atoms with Gasteiger partial charge in [0.25, 0.3) is 0 Å². The number of nitrogens with zero attached hydrogens (tertiary/aromatic N) is 2. The predicted molar refractivity (Wildman–Crippen MR) is 122 cm³/mol. The Hall–Kier alpha value is -2.40. The Labute approximate surface area is 177 Å². The van der Waals surface area contributed by atoms with Crippen molar-refractivity contribution in [3.8, 4) is 0 Å². The van der Waals surface area contributed by atoms with E-state index in [-0.39, 0.29) is 11.8 Å². The Bertz CT molecular complexity index is 974. The minimum absolute atomic E-state index is 0.126. The van der Waals surface area contributed by atoms with Crippen molar-refractivity contribution in [2.75, 3.05) is 24.5 Å². The van der Waals surface area contributed by atoms with Gasteiger partial charge in [0.05, 0.1) is 10.2 Å². The molecular weight excluding hydrogens is 378 g/mol. The van der Waals surface area contributed by atoms with E-state index in [1.54, 1.807) is 11.3 Å². The summed E-state index contributed by atoms with van der Waals surface area (Å²) >= 11 is 1.77.